The Bertz CT molecular complexity index is 677. The molecule has 0 saturated heterocycles. The van der Waals surface area contributed by atoms with Crippen molar-refractivity contribution < 1.29 is 4.79 Å². The molecular weight excluding hydrogens is 316 g/mol. The van der Waals surface area contributed by atoms with E-state index in [9.17, 15) is 4.79 Å². The highest BCUT2D eigenvalue weighted by Gasteiger charge is 2.10. The molecule has 112 valence electrons. The molecule has 2 aromatic carbocycles. The summed E-state index contributed by atoms with van der Waals surface area (Å²) in [6, 6.07) is 16.6. The van der Waals surface area contributed by atoms with Crippen LogP contribution in [-0.4, -0.2) is 11.7 Å². The van der Waals surface area contributed by atoms with Crippen molar-refractivity contribution in [1.29, 1.82) is 5.26 Å². The average molecular weight is 331 g/mol. The Labute approximate surface area is 139 Å². The van der Waals surface area contributed by atoms with Crippen LogP contribution in [0.25, 0.3) is 0 Å². The van der Waals surface area contributed by atoms with Gasteiger partial charge in [0.2, 0.25) is 5.91 Å². The van der Waals surface area contributed by atoms with E-state index in [0.717, 1.165) is 10.5 Å². The topological polar surface area (TPSA) is 52.9 Å². The molecule has 2 aromatic rings. The lowest BCUT2D eigenvalue weighted by atomic mass is 10.1. The van der Waals surface area contributed by atoms with Gasteiger partial charge in [-0.3, -0.25) is 4.79 Å². The van der Waals surface area contributed by atoms with Gasteiger partial charge in [-0.15, -0.1) is 11.8 Å². The van der Waals surface area contributed by atoms with Gasteiger partial charge in [0.25, 0.3) is 0 Å². The van der Waals surface area contributed by atoms with Gasteiger partial charge in [0, 0.05) is 9.92 Å². The molecule has 0 fully saturated rings. The summed E-state index contributed by atoms with van der Waals surface area (Å²) >= 11 is 7.29. The number of carbonyl (C=O) groups excluding carboxylic acids is 1. The molecular formula is C17H15ClN2OS. The van der Waals surface area contributed by atoms with E-state index >= 15 is 0 Å². The maximum absolute atomic E-state index is 12.0. The molecule has 5 heteroatoms. The third-order valence-corrected chi connectivity index (χ3v) is 4.36. The highest BCUT2D eigenvalue weighted by Crippen LogP contribution is 2.20. The van der Waals surface area contributed by atoms with Gasteiger partial charge in [-0.25, -0.2) is 0 Å². The quantitative estimate of drug-likeness (QED) is 0.837. The van der Waals surface area contributed by atoms with Crippen LogP contribution in [-0.2, 0) is 4.79 Å². The fraction of sp³-hybridized carbons (Fsp3) is 0.176. The van der Waals surface area contributed by atoms with Crippen LogP contribution in [0.15, 0.2) is 53.4 Å². The minimum Gasteiger partial charge on any atom is -0.349 e. The second-order valence-corrected chi connectivity index (χ2v) is 6.25. The van der Waals surface area contributed by atoms with Crippen LogP contribution in [0, 0.1) is 11.3 Å². The normalized spacial score (nSPS) is 11.5. The van der Waals surface area contributed by atoms with Crippen molar-refractivity contribution in [3.8, 4) is 6.07 Å². The minimum absolute atomic E-state index is 0.0307. The van der Waals surface area contributed by atoms with Gasteiger partial charge >= 0.3 is 0 Å². The number of carbonyl (C=O) groups is 1. The zero-order valence-electron chi connectivity index (χ0n) is 12.0. The van der Waals surface area contributed by atoms with E-state index in [1.54, 1.807) is 24.3 Å². The zero-order chi connectivity index (χ0) is 15.9. The first-order chi connectivity index (χ1) is 10.6. The summed E-state index contributed by atoms with van der Waals surface area (Å²) in [5, 5.41) is 12.4. The second kappa shape index (κ2) is 7.88. The van der Waals surface area contributed by atoms with Crippen molar-refractivity contribution in [1.82, 2.24) is 5.32 Å². The Morgan fingerprint density at radius 1 is 1.23 bits per heavy atom. The molecule has 2 rings (SSSR count). The SMILES string of the molecule is CC(NC(=O)CSc1ccc(Cl)cc1)c1ccc(C#N)cc1. The number of halogens is 1. The predicted octanol–water partition coefficient (Wildman–Crippen LogP) is 4.18. The van der Waals surface area contributed by atoms with Gasteiger partial charge in [-0.1, -0.05) is 23.7 Å². The second-order valence-electron chi connectivity index (χ2n) is 4.77. The average Bonchev–Trinajstić information content (AvgIpc) is 2.54. The van der Waals surface area contributed by atoms with Gasteiger partial charge in [-0.05, 0) is 48.9 Å². The van der Waals surface area contributed by atoms with E-state index in [-0.39, 0.29) is 11.9 Å². The molecule has 0 bridgehead atoms. The smallest absolute Gasteiger partial charge is 0.230 e. The summed E-state index contributed by atoms with van der Waals surface area (Å²) in [6.45, 7) is 1.92. The number of hydrogen-bond acceptors (Lipinski definition) is 3. The van der Waals surface area contributed by atoms with E-state index < -0.39 is 0 Å². The Kier molecular flexibility index (Phi) is 5.88. The van der Waals surface area contributed by atoms with Crippen molar-refractivity contribution in [3.05, 3.63) is 64.7 Å². The molecule has 0 aliphatic rings. The number of rotatable bonds is 5. The fourth-order valence-electron chi connectivity index (χ4n) is 1.89. The first-order valence-corrected chi connectivity index (χ1v) is 8.12. The molecule has 0 heterocycles. The van der Waals surface area contributed by atoms with Gasteiger partial charge < -0.3 is 5.32 Å². The molecule has 0 aliphatic heterocycles. The lowest BCUT2D eigenvalue weighted by molar-refractivity contribution is -0.119. The monoisotopic (exact) mass is 330 g/mol. The number of amides is 1. The number of hydrogen-bond donors (Lipinski definition) is 1. The molecule has 0 aliphatic carbocycles. The van der Waals surface area contributed by atoms with Crippen LogP contribution in [0.5, 0.6) is 0 Å². The Balaban J connectivity index is 1.85. The van der Waals surface area contributed by atoms with Crippen LogP contribution >= 0.6 is 23.4 Å². The van der Waals surface area contributed by atoms with E-state index in [1.807, 2.05) is 31.2 Å². The number of thioether (sulfide) groups is 1. The van der Waals surface area contributed by atoms with Crippen molar-refractivity contribution in [2.75, 3.05) is 5.75 Å². The number of nitriles is 1. The Morgan fingerprint density at radius 3 is 2.45 bits per heavy atom. The Hall–Kier alpha value is -1.96. The third kappa shape index (κ3) is 4.80. The summed E-state index contributed by atoms with van der Waals surface area (Å²) in [5.41, 5.74) is 1.59. The van der Waals surface area contributed by atoms with Gasteiger partial charge in [0.15, 0.2) is 0 Å². The van der Waals surface area contributed by atoms with Crippen molar-refractivity contribution in [2.45, 2.75) is 17.9 Å². The van der Waals surface area contributed by atoms with Crippen molar-refractivity contribution in [2.24, 2.45) is 0 Å². The van der Waals surface area contributed by atoms with E-state index in [2.05, 4.69) is 11.4 Å². The van der Waals surface area contributed by atoms with Gasteiger partial charge in [-0.2, -0.15) is 5.26 Å². The summed E-state index contributed by atoms with van der Waals surface area (Å²) in [4.78, 5) is 13.0. The highest BCUT2D eigenvalue weighted by molar-refractivity contribution is 8.00. The van der Waals surface area contributed by atoms with Gasteiger partial charge in [0.1, 0.15) is 0 Å². The first-order valence-electron chi connectivity index (χ1n) is 6.76. The zero-order valence-corrected chi connectivity index (χ0v) is 13.6. The predicted molar refractivity (Wildman–Crippen MR) is 89.9 cm³/mol. The van der Waals surface area contributed by atoms with E-state index in [0.29, 0.717) is 16.3 Å². The van der Waals surface area contributed by atoms with Crippen LogP contribution in [0.1, 0.15) is 24.1 Å². The molecule has 0 aromatic heterocycles. The first kappa shape index (κ1) is 16.4. The largest absolute Gasteiger partial charge is 0.349 e. The van der Waals surface area contributed by atoms with E-state index in [4.69, 9.17) is 16.9 Å². The molecule has 0 saturated carbocycles. The van der Waals surface area contributed by atoms with Crippen LogP contribution in [0.3, 0.4) is 0 Å². The molecule has 1 unspecified atom stereocenters. The standard InChI is InChI=1S/C17H15ClN2OS/c1-12(14-4-2-13(10-19)3-5-14)20-17(21)11-22-16-8-6-15(18)7-9-16/h2-9,12H,11H2,1H3,(H,20,21). The molecule has 22 heavy (non-hydrogen) atoms. The summed E-state index contributed by atoms with van der Waals surface area (Å²) in [7, 11) is 0. The maximum atomic E-state index is 12.0. The lowest BCUT2D eigenvalue weighted by Gasteiger charge is -2.14. The number of nitrogens with zero attached hydrogens (tertiary/aromatic N) is 1. The Morgan fingerprint density at radius 2 is 1.86 bits per heavy atom. The van der Waals surface area contributed by atoms with Crippen LogP contribution in [0.4, 0.5) is 0 Å². The molecule has 0 radical (unpaired) electrons. The number of nitrogens with one attached hydrogen (secondary N) is 1. The van der Waals surface area contributed by atoms with Crippen LogP contribution < -0.4 is 5.32 Å². The molecule has 0 spiro atoms. The lowest BCUT2D eigenvalue weighted by Crippen LogP contribution is -2.28. The summed E-state index contributed by atoms with van der Waals surface area (Å²) < 4.78 is 0. The van der Waals surface area contributed by atoms with Crippen LogP contribution in [0.2, 0.25) is 5.02 Å². The highest BCUT2D eigenvalue weighted by atomic mass is 35.5. The molecule has 1 N–H and O–H groups in total. The van der Waals surface area contributed by atoms with Crippen molar-refractivity contribution in [3.63, 3.8) is 0 Å². The minimum atomic E-state index is -0.0916. The maximum Gasteiger partial charge on any atom is 0.230 e. The fourth-order valence-corrected chi connectivity index (χ4v) is 2.73. The van der Waals surface area contributed by atoms with Gasteiger partial charge in [0.05, 0.1) is 23.4 Å². The van der Waals surface area contributed by atoms with Crippen molar-refractivity contribution >= 4 is 29.3 Å². The molecule has 3 nitrogen and oxygen atoms in total. The molecule has 1 atom stereocenters. The molecule has 1 amide bonds. The summed E-state index contributed by atoms with van der Waals surface area (Å²) in [6.07, 6.45) is 0. The third-order valence-electron chi connectivity index (χ3n) is 3.10. The number of benzene rings is 2. The van der Waals surface area contributed by atoms with E-state index in [1.165, 1.54) is 11.8 Å². The summed E-state index contributed by atoms with van der Waals surface area (Å²) in [5.74, 6) is 0.319.